The molecule has 0 amide bonds. The third-order valence-corrected chi connectivity index (χ3v) is 2.47. The van der Waals surface area contributed by atoms with Gasteiger partial charge in [0.1, 0.15) is 0 Å². The van der Waals surface area contributed by atoms with Crippen molar-refractivity contribution >= 4 is 21.7 Å². The maximum atomic E-state index is 5.12. The van der Waals surface area contributed by atoms with Crippen molar-refractivity contribution in [1.82, 2.24) is 5.16 Å². The van der Waals surface area contributed by atoms with Gasteiger partial charge in [0.2, 0.25) is 0 Å². The standard InChI is InChI=1S/C12H9NO/c1-8-2-3-9-5-11-7-13-14-12(11)6-10(9)4-8/h2-7H,1H3. The number of benzene rings is 2. The van der Waals surface area contributed by atoms with Gasteiger partial charge in [-0.15, -0.1) is 0 Å². The highest BCUT2D eigenvalue weighted by molar-refractivity contribution is 5.95. The second-order valence-electron chi connectivity index (χ2n) is 3.57. The first-order valence-electron chi connectivity index (χ1n) is 4.58. The van der Waals surface area contributed by atoms with Crippen molar-refractivity contribution in [3.05, 3.63) is 42.1 Å². The lowest BCUT2D eigenvalue weighted by molar-refractivity contribution is 0.456. The zero-order valence-corrected chi connectivity index (χ0v) is 7.82. The Morgan fingerprint density at radius 3 is 2.86 bits per heavy atom. The highest BCUT2D eigenvalue weighted by atomic mass is 16.5. The Morgan fingerprint density at radius 2 is 1.93 bits per heavy atom. The molecule has 0 aliphatic heterocycles. The van der Waals surface area contributed by atoms with E-state index in [0.29, 0.717) is 0 Å². The number of nitrogens with zero attached hydrogens (tertiary/aromatic N) is 1. The van der Waals surface area contributed by atoms with Crippen LogP contribution >= 0.6 is 0 Å². The van der Waals surface area contributed by atoms with Crippen molar-refractivity contribution in [2.45, 2.75) is 6.92 Å². The van der Waals surface area contributed by atoms with Crippen LogP contribution in [0.4, 0.5) is 0 Å². The molecule has 68 valence electrons. The van der Waals surface area contributed by atoms with Crippen LogP contribution in [0.3, 0.4) is 0 Å². The van der Waals surface area contributed by atoms with Gasteiger partial charge in [-0.25, -0.2) is 0 Å². The predicted molar refractivity (Wildman–Crippen MR) is 56.3 cm³/mol. The van der Waals surface area contributed by atoms with Gasteiger partial charge in [0.25, 0.3) is 0 Å². The summed E-state index contributed by atoms with van der Waals surface area (Å²) in [4.78, 5) is 0. The number of rotatable bonds is 0. The van der Waals surface area contributed by atoms with Crippen LogP contribution in [-0.4, -0.2) is 5.16 Å². The molecule has 0 radical (unpaired) electrons. The minimum Gasteiger partial charge on any atom is -0.356 e. The Bertz CT molecular complexity index is 610. The predicted octanol–water partition coefficient (Wildman–Crippen LogP) is 3.29. The van der Waals surface area contributed by atoms with E-state index < -0.39 is 0 Å². The van der Waals surface area contributed by atoms with Crippen LogP contribution in [0.1, 0.15) is 5.56 Å². The average molecular weight is 183 g/mol. The van der Waals surface area contributed by atoms with Crippen LogP contribution in [0.15, 0.2) is 41.1 Å². The molecule has 0 saturated carbocycles. The van der Waals surface area contributed by atoms with Crippen LogP contribution in [-0.2, 0) is 0 Å². The molecule has 14 heavy (non-hydrogen) atoms. The van der Waals surface area contributed by atoms with Gasteiger partial charge in [0.05, 0.1) is 6.20 Å². The van der Waals surface area contributed by atoms with Crippen LogP contribution in [0.25, 0.3) is 21.7 Å². The van der Waals surface area contributed by atoms with Crippen LogP contribution in [0.5, 0.6) is 0 Å². The summed E-state index contributed by atoms with van der Waals surface area (Å²) in [5.74, 6) is 0. The molecule has 2 heteroatoms. The minimum absolute atomic E-state index is 0.850. The van der Waals surface area contributed by atoms with Crippen LogP contribution in [0.2, 0.25) is 0 Å². The lowest BCUT2D eigenvalue weighted by atomic mass is 10.1. The summed E-state index contributed by atoms with van der Waals surface area (Å²) < 4.78 is 5.12. The smallest absolute Gasteiger partial charge is 0.167 e. The molecule has 0 spiro atoms. The number of aromatic nitrogens is 1. The van der Waals surface area contributed by atoms with Crippen molar-refractivity contribution in [2.75, 3.05) is 0 Å². The van der Waals surface area contributed by atoms with E-state index in [4.69, 9.17) is 4.52 Å². The number of fused-ring (bicyclic) bond motifs is 2. The fraction of sp³-hybridized carbons (Fsp3) is 0.0833. The normalized spacial score (nSPS) is 11.2. The van der Waals surface area contributed by atoms with Gasteiger partial charge in [0.15, 0.2) is 5.58 Å². The van der Waals surface area contributed by atoms with E-state index in [1.807, 2.05) is 6.07 Å². The molecule has 0 atom stereocenters. The van der Waals surface area contributed by atoms with E-state index in [1.54, 1.807) is 6.20 Å². The summed E-state index contributed by atoms with van der Waals surface area (Å²) in [5.41, 5.74) is 2.11. The van der Waals surface area contributed by atoms with Crippen molar-refractivity contribution in [1.29, 1.82) is 0 Å². The third kappa shape index (κ3) is 1.01. The molecule has 0 aliphatic carbocycles. The quantitative estimate of drug-likeness (QED) is 0.534. The van der Waals surface area contributed by atoms with Crippen LogP contribution < -0.4 is 0 Å². The van der Waals surface area contributed by atoms with Gasteiger partial charge in [-0.3, -0.25) is 0 Å². The largest absolute Gasteiger partial charge is 0.356 e. The first kappa shape index (κ1) is 7.56. The zero-order valence-electron chi connectivity index (χ0n) is 7.82. The van der Waals surface area contributed by atoms with Gasteiger partial charge in [-0.1, -0.05) is 28.9 Å². The van der Waals surface area contributed by atoms with E-state index in [0.717, 1.165) is 11.0 Å². The first-order valence-corrected chi connectivity index (χ1v) is 4.58. The van der Waals surface area contributed by atoms with E-state index in [1.165, 1.54) is 16.3 Å². The average Bonchev–Trinajstić information content (AvgIpc) is 2.61. The summed E-state index contributed by atoms with van der Waals surface area (Å²) in [5, 5.41) is 7.26. The number of aryl methyl sites for hydroxylation is 1. The topological polar surface area (TPSA) is 26.0 Å². The molecule has 1 heterocycles. The van der Waals surface area contributed by atoms with Crippen molar-refractivity contribution in [2.24, 2.45) is 0 Å². The summed E-state index contributed by atoms with van der Waals surface area (Å²) >= 11 is 0. The highest BCUT2D eigenvalue weighted by Gasteiger charge is 2.00. The first-order chi connectivity index (χ1) is 6.83. The zero-order chi connectivity index (χ0) is 9.54. The molecular weight excluding hydrogens is 174 g/mol. The van der Waals surface area contributed by atoms with E-state index in [9.17, 15) is 0 Å². The maximum Gasteiger partial charge on any atom is 0.167 e. The molecule has 3 aromatic rings. The number of hydrogen-bond acceptors (Lipinski definition) is 2. The Labute approximate surface area is 81.1 Å². The summed E-state index contributed by atoms with van der Waals surface area (Å²) in [6.07, 6.45) is 1.74. The monoisotopic (exact) mass is 183 g/mol. The van der Waals surface area contributed by atoms with Gasteiger partial charge in [-0.05, 0) is 29.8 Å². The van der Waals surface area contributed by atoms with Crippen molar-refractivity contribution in [3.63, 3.8) is 0 Å². The minimum atomic E-state index is 0.850. The molecule has 1 aromatic heterocycles. The molecule has 0 saturated heterocycles. The van der Waals surface area contributed by atoms with E-state index in [-0.39, 0.29) is 0 Å². The second-order valence-corrected chi connectivity index (χ2v) is 3.57. The second kappa shape index (κ2) is 2.58. The number of hydrogen-bond donors (Lipinski definition) is 0. The summed E-state index contributed by atoms with van der Waals surface area (Å²) in [7, 11) is 0. The Kier molecular flexibility index (Phi) is 1.39. The summed E-state index contributed by atoms with van der Waals surface area (Å²) in [6.45, 7) is 2.09. The van der Waals surface area contributed by atoms with Crippen molar-refractivity contribution in [3.8, 4) is 0 Å². The molecule has 0 bridgehead atoms. The van der Waals surface area contributed by atoms with Crippen LogP contribution in [0, 0.1) is 6.92 Å². The fourth-order valence-corrected chi connectivity index (χ4v) is 1.73. The lowest BCUT2D eigenvalue weighted by Gasteiger charge is -1.98. The van der Waals surface area contributed by atoms with E-state index >= 15 is 0 Å². The SMILES string of the molecule is Cc1ccc2cc3cnoc3cc2c1. The molecule has 0 unspecified atom stereocenters. The maximum absolute atomic E-state index is 5.12. The molecule has 0 fully saturated rings. The summed E-state index contributed by atoms with van der Waals surface area (Å²) in [6, 6.07) is 10.5. The highest BCUT2D eigenvalue weighted by Crippen LogP contribution is 2.23. The Hall–Kier alpha value is -1.83. The molecule has 0 N–H and O–H groups in total. The Morgan fingerprint density at radius 1 is 1.00 bits per heavy atom. The van der Waals surface area contributed by atoms with E-state index in [2.05, 4.69) is 36.3 Å². The van der Waals surface area contributed by atoms with Gasteiger partial charge in [0, 0.05) is 5.39 Å². The molecular formula is C12H9NO. The third-order valence-electron chi connectivity index (χ3n) is 2.47. The fourth-order valence-electron chi connectivity index (χ4n) is 1.73. The van der Waals surface area contributed by atoms with Gasteiger partial charge in [-0.2, -0.15) is 0 Å². The molecule has 2 nitrogen and oxygen atoms in total. The Balaban J connectivity index is 2.50. The van der Waals surface area contributed by atoms with Gasteiger partial charge >= 0.3 is 0 Å². The van der Waals surface area contributed by atoms with Gasteiger partial charge < -0.3 is 4.52 Å². The molecule has 3 rings (SSSR count). The van der Waals surface area contributed by atoms with Crippen molar-refractivity contribution < 1.29 is 4.52 Å². The molecule has 2 aromatic carbocycles. The lowest BCUT2D eigenvalue weighted by Crippen LogP contribution is -1.75. The molecule has 0 aliphatic rings.